The number of para-hydroxylation sites is 1. The normalized spacial score (nSPS) is 32.3. The van der Waals surface area contributed by atoms with Crippen LogP contribution in [0.15, 0.2) is 40.8 Å². The number of fused-ring (bicyclic) bond motifs is 5. The topological polar surface area (TPSA) is 16.4 Å². The van der Waals surface area contributed by atoms with Gasteiger partial charge in [0.1, 0.15) is 11.2 Å². The molecule has 1 aliphatic heterocycles. The first-order valence-electron chi connectivity index (χ1n) is 9.13. The van der Waals surface area contributed by atoms with E-state index in [1.165, 1.54) is 41.3 Å². The minimum atomic E-state index is 0.298. The van der Waals surface area contributed by atoms with Crippen molar-refractivity contribution in [2.24, 2.45) is 5.41 Å². The van der Waals surface area contributed by atoms with Gasteiger partial charge in [0.05, 0.1) is 0 Å². The van der Waals surface area contributed by atoms with Gasteiger partial charge < -0.3 is 9.32 Å². The predicted molar refractivity (Wildman–Crippen MR) is 101 cm³/mol. The maximum atomic E-state index is 6.07. The third-order valence-electron chi connectivity index (χ3n) is 6.95. The van der Waals surface area contributed by atoms with Gasteiger partial charge in [0.25, 0.3) is 0 Å². The van der Waals surface area contributed by atoms with E-state index >= 15 is 0 Å². The second-order valence-electron chi connectivity index (χ2n) is 8.61. The summed E-state index contributed by atoms with van der Waals surface area (Å²) in [5, 5.41) is 2.47. The maximum Gasteiger partial charge on any atom is 0.135 e. The van der Waals surface area contributed by atoms with Gasteiger partial charge >= 0.3 is 0 Å². The molecule has 2 nitrogen and oxygen atoms in total. The SMILES string of the molecule is Cc1cc2oc3ccccc3c2cc1N1C(C)C2(C)CCC1(C)C2. The van der Waals surface area contributed by atoms with Gasteiger partial charge in [-0.1, -0.05) is 25.1 Å². The minimum absolute atomic E-state index is 0.298. The Kier molecular flexibility index (Phi) is 2.61. The molecule has 0 amide bonds. The van der Waals surface area contributed by atoms with Crippen LogP contribution in [0, 0.1) is 12.3 Å². The largest absolute Gasteiger partial charge is 0.456 e. The van der Waals surface area contributed by atoms with Crippen LogP contribution in [0.3, 0.4) is 0 Å². The van der Waals surface area contributed by atoms with Crippen molar-refractivity contribution in [3.05, 3.63) is 42.0 Å². The summed E-state index contributed by atoms with van der Waals surface area (Å²) in [6.07, 6.45) is 3.97. The monoisotopic (exact) mass is 319 g/mol. The van der Waals surface area contributed by atoms with Crippen molar-refractivity contribution in [3.8, 4) is 0 Å². The Morgan fingerprint density at radius 1 is 1.04 bits per heavy atom. The van der Waals surface area contributed by atoms with Gasteiger partial charge in [0.15, 0.2) is 0 Å². The van der Waals surface area contributed by atoms with Crippen molar-refractivity contribution in [1.82, 2.24) is 0 Å². The lowest BCUT2D eigenvalue weighted by Gasteiger charge is -2.45. The van der Waals surface area contributed by atoms with E-state index in [-0.39, 0.29) is 0 Å². The number of nitrogens with zero attached hydrogens (tertiary/aromatic N) is 1. The Labute approximate surface area is 143 Å². The number of furan rings is 1. The van der Waals surface area contributed by atoms with E-state index in [4.69, 9.17) is 4.42 Å². The van der Waals surface area contributed by atoms with Crippen molar-refractivity contribution in [2.75, 3.05) is 4.90 Å². The van der Waals surface area contributed by atoms with E-state index in [9.17, 15) is 0 Å². The average Bonchev–Trinajstić information content (AvgIpc) is 3.11. The third-order valence-corrected chi connectivity index (χ3v) is 6.95. The average molecular weight is 319 g/mol. The van der Waals surface area contributed by atoms with Crippen molar-refractivity contribution in [2.45, 2.75) is 58.5 Å². The molecule has 1 saturated heterocycles. The first kappa shape index (κ1) is 14.4. The Bertz CT molecular complexity index is 971. The first-order valence-corrected chi connectivity index (χ1v) is 9.13. The van der Waals surface area contributed by atoms with Crippen molar-refractivity contribution in [3.63, 3.8) is 0 Å². The van der Waals surface area contributed by atoms with Gasteiger partial charge in [-0.3, -0.25) is 0 Å². The number of rotatable bonds is 1. The molecule has 1 aliphatic carbocycles. The number of piperidine rings is 1. The highest BCUT2D eigenvalue weighted by atomic mass is 16.3. The van der Waals surface area contributed by atoms with Crippen LogP contribution in [0.25, 0.3) is 21.9 Å². The van der Waals surface area contributed by atoms with Crippen molar-refractivity contribution < 1.29 is 4.42 Å². The second kappa shape index (κ2) is 4.36. The molecule has 2 heterocycles. The molecule has 0 N–H and O–H groups in total. The maximum absolute atomic E-state index is 6.07. The molecule has 3 aromatic rings. The lowest BCUT2D eigenvalue weighted by Crippen LogP contribution is -2.48. The fourth-order valence-corrected chi connectivity index (χ4v) is 5.56. The molecule has 2 aliphatic rings. The molecule has 24 heavy (non-hydrogen) atoms. The molecule has 1 aromatic heterocycles. The van der Waals surface area contributed by atoms with E-state index in [0.717, 1.165) is 11.2 Å². The molecule has 5 rings (SSSR count). The Hall–Kier alpha value is -1.96. The molecule has 0 radical (unpaired) electrons. The van der Waals surface area contributed by atoms with E-state index in [2.05, 4.69) is 62.9 Å². The lowest BCUT2D eigenvalue weighted by atomic mass is 9.82. The Morgan fingerprint density at radius 3 is 2.58 bits per heavy atom. The zero-order chi connectivity index (χ0) is 16.7. The quantitative estimate of drug-likeness (QED) is 0.542. The van der Waals surface area contributed by atoms with Crippen molar-refractivity contribution in [1.29, 1.82) is 0 Å². The number of hydrogen-bond donors (Lipinski definition) is 0. The van der Waals surface area contributed by atoms with Gasteiger partial charge in [-0.15, -0.1) is 0 Å². The van der Waals surface area contributed by atoms with Gasteiger partial charge in [-0.2, -0.15) is 0 Å². The van der Waals surface area contributed by atoms with Gasteiger partial charge in [0.2, 0.25) is 0 Å². The summed E-state index contributed by atoms with van der Waals surface area (Å²) in [5.41, 5.74) is 5.46. The zero-order valence-corrected chi connectivity index (χ0v) is 15.0. The summed E-state index contributed by atoms with van der Waals surface area (Å²) < 4.78 is 6.07. The van der Waals surface area contributed by atoms with Crippen LogP contribution < -0.4 is 4.90 Å². The summed E-state index contributed by atoms with van der Waals surface area (Å²) in [5.74, 6) is 0. The van der Waals surface area contributed by atoms with Gasteiger partial charge in [-0.25, -0.2) is 0 Å². The summed E-state index contributed by atoms with van der Waals surface area (Å²) in [6.45, 7) is 9.58. The predicted octanol–water partition coefficient (Wildman–Crippen LogP) is 6.05. The lowest BCUT2D eigenvalue weighted by molar-refractivity contribution is 0.290. The summed E-state index contributed by atoms with van der Waals surface area (Å²) in [7, 11) is 0. The van der Waals surface area contributed by atoms with Gasteiger partial charge in [0, 0.05) is 28.0 Å². The molecule has 1 saturated carbocycles. The van der Waals surface area contributed by atoms with E-state index < -0.39 is 0 Å². The highest BCUT2D eigenvalue weighted by molar-refractivity contribution is 6.06. The number of hydrogen-bond acceptors (Lipinski definition) is 2. The molecule has 0 spiro atoms. The molecular formula is C22H25NO. The van der Waals surface area contributed by atoms with E-state index in [0.29, 0.717) is 17.0 Å². The molecule has 3 unspecified atom stereocenters. The highest BCUT2D eigenvalue weighted by Crippen LogP contribution is 2.59. The number of anilines is 1. The first-order chi connectivity index (χ1) is 11.4. The Balaban J connectivity index is 1.75. The van der Waals surface area contributed by atoms with Crippen LogP contribution in [0.2, 0.25) is 0 Å². The van der Waals surface area contributed by atoms with Crippen LogP contribution in [0.4, 0.5) is 5.69 Å². The molecule has 2 heteroatoms. The van der Waals surface area contributed by atoms with Crippen LogP contribution in [-0.4, -0.2) is 11.6 Å². The van der Waals surface area contributed by atoms with E-state index in [1.54, 1.807) is 0 Å². The molecule has 2 aromatic carbocycles. The van der Waals surface area contributed by atoms with Crippen molar-refractivity contribution >= 4 is 27.6 Å². The smallest absolute Gasteiger partial charge is 0.135 e. The summed E-state index contributed by atoms with van der Waals surface area (Å²) in [6, 6.07) is 13.6. The molecule has 3 atom stereocenters. The zero-order valence-electron chi connectivity index (χ0n) is 15.0. The number of aryl methyl sites for hydroxylation is 1. The fraction of sp³-hybridized carbons (Fsp3) is 0.455. The van der Waals surface area contributed by atoms with E-state index in [1.807, 2.05) is 6.07 Å². The fourth-order valence-electron chi connectivity index (χ4n) is 5.56. The molecule has 124 valence electrons. The van der Waals surface area contributed by atoms with Crippen LogP contribution in [-0.2, 0) is 0 Å². The molecular weight excluding hydrogens is 294 g/mol. The minimum Gasteiger partial charge on any atom is -0.456 e. The molecule has 2 fully saturated rings. The van der Waals surface area contributed by atoms with Crippen LogP contribution >= 0.6 is 0 Å². The number of benzene rings is 2. The standard InChI is InChI=1S/C22H25NO/c1-14-11-20-17(16-7-5-6-8-19(16)24-20)12-18(14)23-15(2)21(3)9-10-22(23,4)13-21/h5-8,11-12,15H,9-10,13H2,1-4H3. The van der Waals surface area contributed by atoms with Gasteiger partial charge in [-0.05, 0) is 69.2 Å². The molecule has 2 bridgehead atoms. The van der Waals surface area contributed by atoms with Crippen LogP contribution in [0.1, 0.15) is 45.6 Å². The van der Waals surface area contributed by atoms with Crippen LogP contribution in [0.5, 0.6) is 0 Å². The highest BCUT2D eigenvalue weighted by Gasteiger charge is 2.58. The summed E-state index contributed by atoms with van der Waals surface area (Å²) in [4.78, 5) is 2.72. The third kappa shape index (κ3) is 1.67. The second-order valence-corrected chi connectivity index (χ2v) is 8.61. The summed E-state index contributed by atoms with van der Waals surface area (Å²) >= 11 is 0. The Morgan fingerprint density at radius 2 is 1.83 bits per heavy atom.